The van der Waals surface area contributed by atoms with Gasteiger partial charge in [0.05, 0.1) is 32.0 Å². The van der Waals surface area contributed by atoms with Gasteiger partial charge in [0.25, 0.3) is 0 Å². The third-order valence-electron chi connectivity index (χ3n) is 3.69. The van der Waals surface area contributed by atoms with Crippen molar-refractivity contribution in [1.82, 2.24) is 5.32 Å². The lowest BCUT2D eigenvalue weighted by molar-refractivity contribution is -0.0453. The van der Waals surface area contributed by atoms with E-state index in [1.807, 2.05) is 6.92 Å². The Morgan fingerprint density at radius 3 is 2.85 bits per heavy atom. The molecule has 3 atom stereocenters. The molecule has 0 bridgehead atoms. The summed E-state index contributed by atoms with van der Waals surface area (Å²) in [7, 11) is 0. The molecule has 0 aromatic carbocycles. The van der Waals surface area contributed by atoms with Crippen LogP contribution in [0.1, 0.15) is 39.5 Å². The lowest BCUT2D eigenvalue weighted by atomic mass is 9.88. The van der Waals surface area contributed by atoms with Gasteiger partial charge in [-0.05, 0) is 25.7 Å². The molecule has 118 valence electrons. The first kappa shape index (κ1) is 17.6. The Morgan fingerprint density at radius 2 is 2.15 bits per heavy atom. The van der Waals surface area contributed by atoms with Crippen LogP contribution >= 0.6 is 0 Å². The quantitative estimate of drug-likeness (QED) is 0.477. The fraction of sp³-hybridized carbons (Fsp3) is 0.875. The van der Waals surface area contributed by atoms with Crippen LogP contribution in [0.5, 0.6) is 0 Å². The zero-order chi connectivity index (χ0) is 14.8. The molecular weight excluding hydrogens is 254 g/mol. The second kappa shape index (κ2) is 10.3. The monoisotopic (exact) mass is 285 g/mol. The van der Waals surface area contributed by atoms with E-state index in [2.05, 4.69) is 18.8 Å². The predicted octanol–water partition coefficient (Wildman–Crippen LogP) is 2.12. The fourth-order valence-electron chi connectivity index (χ4n) is 2.48. The van der Waals surface area contributed by atoms with Gasteiger partial charge in [0.1, 0.15) is 0 Å². The van der Waals surface area contributed by atoms with Crippen LogP contribution in [0.15, 0.2) is 12.2 Å². The van der Waals surface area contributed by atoms with Crippen LogP contribution in [-0.2, 0) is 9.47 Å². The normalized spacial score (nSPS) is 24.6. The second-order valence-electron chi connectivity index (χ2n) is 6.00. The molecule has 20 heavy (non-hydrogen) atoms. The summed E-state index contributed by atoms with van der Waals surface area (Å²) in [6, 6.07) is 0. The van der Waals surface area contributed by atoms with Crippen molar-refractivity contribution >= 4 is 0 Å². The molecule has 4 heteroatoms. The van der Waals surface area contributed by atoms with Crippen molar-refractivity contribution in [2.75, 3.05) is 32.9 Å². The van der Waals surface area contributed by atoms with E-state index in [1.54, 1.807) is 0 Å². The molecule has 4 nitrogen and oxygen atoms in total. The van der Waals surface area contributed by atoms with E-state index in [1.165, 1.54) is 19.3 Å². The summed E-state index contributed by atoms with van der Waals surface area (Å²) in [4.78, 5) is 0. The molecule has 0 saturated heterocycles. The van der Waals surface area contributed by atoms with Crippen LogP contribution in [0, 0.1) is 5.92 Å². The minimum absolute atomic E-state index is 0.331. The molecule has 1 aliphatic rings. The Kier molecular flexibility index (Phi) is 9.10. The maximum Gasteiger partial charge on any atom is 0.0897 e. The molecule has 0 heterocycles. The van der Waals surface area contributed by atoms with Crippen molar-refractivity contribution in [3.8, 4) is 0 Å². The number of hydrogen-bond acceptors (Lipinski definition) is 4. The van der Waals surface area contributed by atoms with Crippen molar-refractivity contribution in [2.24, 2.45) is 5.92 Å². The molecule has 0 aromatic rings. The molecule has 0 spiro atoms. The van der Waals surface area contributed by atoms with Gasteiger partial charge >= 0.3 is 0 Å². The van der Waals surface area contributed by atoms with Crippen LogP contribution < -0.4 is 5.32 Å². The van der Waals surface area contributed by atoms with Gasteiger partial charge in [0.15, 0.2) is 0 Å². The molecule has 3 unspecified atom stereocenters. The summed E-state index contributed by atoms with van der Waals surface area (Å²) in [5.41, 5.74) is 1.03. The summed E-state index contributed by atoms with van der Waals surface area (Å²) < 4.78 is 11.2. The molecule has 0 aromatic heterocycles. The summed E-state index contributed by atoms with van der Waals surface area (Å²) in [5.74, 6) is 0.624. The summed E-state index contributed by atoms with van der Waals surface area (Å²) >= 11 is 0. The molecule has 1 saturated carbocycles. The van der Waals surface area contributed by atoms with E-state index in [4.69, 9.17) is 9.47 Å². The summed E-state index contributed by atoms with van der Waals surface area (Å²) in [6.45, 7) is 10.9. The van der Waals surface area contributed by atoms with Gasteiger partial charge in [-0.2, -0.15) is 0 Å². The Balaban J connectivity index is 1.97. The maximum atomic E-state index is 9.87. The lowest BCUT2D eigenvalue weighted by Gasteiger charge is -2.29. The van der Waals surface area contributed by atoms with E-state index >= 15 is 0 Å². The zero-order valence-electron chi connectivity index (χ0n) is 13.1. The number of hydrogen-bond donors (Lipinski definition) is 2. The second-order valence-corrected chi connectivity index (χ2v) is 6.00. The first-order chi connectivity index (χ1) is 9.59. The van der Waals surface area contributed by atoms with Gasteiger partial charge in [-0.1, -0.05) is 31.9 Å². The van der Waals surface area contributed by atoms with Crippen LogP contribution in [-0.4, -0.2) is 50.2 Å². The molecule has 1 aliphatic carbocycles. The zero-order valence-corrected chi connectivity index (χ0v) is 13.1. The van der Waals surface area contributed by atoms with Crippen molar-refractivity contribution in [2.45, 2.75) is 51.7 Å². The standard InChI is InChI=1S/C16H31NO3/c1-13(2)11-19-9-8-17-10-15(18)12-20-16-7-5-4-6-14(16)3/h14-18H,1,4-12H2,2-3H3. The molecule has 1 fully saturated rings. The smallest absolute Gasteiger partial charge is 0.0897 e. The van der Waals surface area contributed by atoms with Crippen molar-refractivity contribution < 1.29 is 14.6 Å². The van der Waals surface area contributed by atoms with Crippen LogP contribution in [0.2, 0.25) is 0 Å². The third kappa shape index (κ3) is 8.00. The average Bonchev–Trinajstić information content (AvgIpc) is 2.41. The largest absolute Gasteiger partial charge is 0.389 e. The topological polar surface area (TPSA) is 50.7 Å². The van der Waals surface area contributed by atoms with E-state index in [-0.39, 0.29) is 0 Å². The highest BCUT2D eigenvalue weighted by Crippen LogP contribution is 2.26. The lowest BCUT2D eigenvalue weighted by Crippen LogP contribution is -2.35. The first-order valence-electron chi connectivity index (χ1n) is 7.82. The Hall–Kier alpha value is -0.420. The molecule has 1 rings (SSSR count). The Morgan fingerprint density at radius 1 is 1.40 bits per heavy atom. The molecule has 0 aliphatic heterocycles. The third-order valence-corrected chi connectivity index (χ3v) is 3.69. The highest BCUT2D eigenvalue weighted by atomic mass is 16.5. The SMILES string of the molecule is C=C(C)COCCNCC(O)COC1CCCCC1C. The van der Waals surface area contributed by atoms with Gasteiger partial charge in [-0.3, -0.25) is 0 Å². The molecular formula is C16H31NO3. The maximum absolute atomic E-state index is 9.87. The first-order valence-corrected chi connectivity index (χ1v) is 7.82. The van der Waals surface area contributed by atoms with Crippen molar-refractivity contribution in [3.05, 3.63) is 12.2 Å². The molecule has 0 amide bonds. The average molecular weight is 285 g/mol. The van der Waals surface area contributed by atoms with Crippen LogP contribution in [0.3, 0.4) is 0 Å². The van der Waals surface area contributed by atoms with E-state index in [0.717, 1.165) is 18.5 Å². The van der Waals surface area contributed by atoms with Gasteiger partial charge in [0.2, 0.25) is 0 Å². The number of aliphatic hydroxyl groups is 1. The minimum Gasteiger partial charge on any atom is -0.389 e. The summed E-state index contributed by atoms with van der Waals surface area (Å²) in [5, 5.41) is 13.0. The van der Waals surface area contributed by atoms with Gasteiger partial charge < -0.3 is 19.9 Å². The number of nitrogens with one attached hydrogen (secondary N) is 1. The van der Waals surface area contributed by atoms with Crippen molar-refractivity contribution in [1.29, 1.82) is 0 Å². The predicted molar refractivity (Wildman–Crippen MR) is 81.9 cm³/mol. The van der Waals surface area contributed by atoms with E-state index in [0.29, 0.717) is 38.4 Å². The van der Waals surface area contributed by atoms with Gasteiger partial charge in [0, 0.05) is 13.1 Å². The molecule has 0 radical (unpaired) electrons. The Bertz CT molecular complexity index is 270. The number of rotatable bonds is 10. The summed E-state index contributed by atoms with van der Waals surface area (Å²) in [6.07, 6.45) is 4.84. The number of aliphatic hydroxyl groups excluding tert-OH is 1. The molecule has 2 N–H and O–H groups in total. The van der Waals surface area contributed by atoms with E-state index < -0.39 is 6.10 Å². The fourth-order valence-corrected chi connectivity index (χ4v) is 2.48. The Labute approximate surface area is 123 Å². The highest BCUT2D eigenvalue weighted by Gasteiger charge is 2.22. The van der Waals surface area contributed by atoms with Gasteiger partial charge in [-0.15, -0.1) is 0 Å². The van der Waals surface area contributed by atoms with Gasteiger partial charge in [-0.25, -0.2) is 0 Å². The van der Waals surface area contributed by atoms with Crippen molar-refractivity contribution in [3.63, 3.8) is 0 Å². The van der Waals surface area contributed by atoms with Crippen LogP contribution in [0.25, 0.3) is 0 Å². The van der Waals surface area contributed by atoms with E-state index in [9.17, 15) is 5.11 Å². The highest BCUT2D eigenvalue weighted by molar-refractivity contribution is 4.87. The minimum atomic E-state index is -0.440. The van der Waals surface area contributed by atoms with Crippen LogP contribution in [0.4, 0.5) is 0 Å². The number of ether oxygens (including phenoxy) is 2.